The molecule has 32 heavy (non-hydrogen) atoms. The van der Waals surface area contributed by atoms with Gasteiger partial charge >= 0.3 is 0 Å². The first-order valence-electron chi connectivity index (χ1n) is 11.9. The van der Waals surface area contributed by atoms with Crippen molar-refractivity contribution < 1.29 is 9.47 Å². The Morgan fingerprint density at radius 2 is 1.94 bits per heavy atom. The SMILES string of the molecule is CN=C(NCC(C1CCOC1)N1CCOCC1)NC1CC(C)N(Cc2ccccc2)C1.I. The van der Waals surface area contributed by atoms with Crippen molar-refractivity contribution in [1.82, 2.24) is 20.4 Å². The molecule has 1 aromatic carbocycles. The van der Waals surface area contributed by atoms with E-state index in [-0.39, 0.29) is 24.0 Å². The number of benzene rings is 1. The van der Waals surface area contributed by atoms with Gasteiger partial charge in [-0.15, -0.1) is 24.0 Å². The third-order valence-electron chi connectivity index (χ3n) is 7.00. The Hall–Kier alpha value is -0.940. The summed E-state index contributed by atoms with van der Waals surface area (Å²) in [7, 11) is 1.87. The van der Waals surface area contributed by atoms with Gasteiger partial charge in [-0.2, -0.15) is 0 Å². The molecule has 3 heterocycles. The highest BCUT2D eigenvalue weighted by Gasteiger charge is 2.33. The molecule has 3 aliphatic heterocycles. The van der Waals surface area contributed by atoms with E-state index < -0.39 is 0 Å². The molecule has 0 aromatic heterocycles. The Balaban J connectivity index is 0.00000289. The fourth-order valence-corrected chi connectivity index (χ4v) is 5.19. The van der Waals surface area contributed by atoms with E-state index in [2.05, 4.69) is 62.7 Å². The van der Waals surface area contributed by atoms with E-state index in [0.717, 1.165) is 78.0 Å². The van der Waals surface area contributed by atoms with Crippen LogP contribution in [0.3, 0.4) is 0 Å². The van der Waals surface area contributed by atoms with Gasteiger partial charge in [-0.1, -0.05) is 30.3 Å². The zero-order valence-corrected chi connectivity index (χ0v) is 21.9. The lowest BCUT2D eigenvalue weighted by molar-refractivity contribution is 0.00246. The molecule has 180 valence electrons. The van der Waals surface area contributed by atoms with E-state index in [1.807, 2.05) is 7.05 Å². The maximum Gasteiger partial charge on any atom is 0.191 e. The molecule has 0 bridgehead atoms. The first kappa shape index (κ1) is 25.7. The number of guanidine groups is 1. The highest BCUT2D eigenvalue weighted by Crippen LogP contribution is 2.22. The summed E-state index contributed by atoms with van der Waals surface area (Å²) >= 11 is 0. The number of hydrogen-bond acceptors (Lipinski definition) is 5. The Bertz CT molecular complexity index is 695. The summed E-state index contributed by atoms with van der Waals surface area (Å²) in [5.74, 6) is 1.49. The molecule has 3 fully saturated rings. The Kier molecular flexibility index (Phi) is 10.5. The summed E-state index contributed by atoms with van der Waals surface area (Å²) in [6.45, 7) is 10.7. The smallest absolute Gasteiger partial charge is 0.191 e. The number of aliphatic imine (C=N–C) groups is 1. The molecule has 8 heteroatoms. The molecule has 0 saturated carbocycles. The van der Waals surface area contributed by atoms with Crippen LogP contribution in [-0.2, 0) is 16.0 Å². The van der Waals surface area contributed by atoms with E-state index >= 15 is 0 Å². The molecule has 3 saturated heterocycles. The molecule has 4 atom stereocenters. The van der Waals surface area contributed by atoms with Gasteiger partial charge in [-0.3, -0.25) is 14.8 Å². The number of hydrogen-bond donors (Lipinski definition) is 2. The van der Waals surface area contributed by atoms with Crippen molar-refractivity contribution in [2.45, 2.75) is 44.4 Å². The van der Waals surface area contributed by atoms with Crippen LogP contribution < -0.4 is 10.6 Å². The van der Waals surface area contributed by atoms with E-state index in [1.165, 1.54) is 5.56 Å². The number of likely N-dealkylation sites (tertiary alicyclic amines) is 1. The predicted octanol–water partition coefficient (Wildman–Crippen LogP) is 2.17. The molecule has 7 nitrogen and oxygen atoms in total. The van der Waals surface area contributed by atoms with Crippen molar-refractivity contribution in [1.29, 1.82) is 0 Å². The van der Waals surface area contributed by atoms with E-state index in [1.54, 1.807) is 0 Å². The van der Waals surface area contributed by atoms with Gasteiger partial charge in [0.15, 0.2) is 5.96 Å². The van der Waals surface area contributed by atoms with Crippen LogP contribution in [0.1, 0.15) is 25.3 Å². The van der Waals surface area contributed by atoms with Gasteiger partial charge in [-0.05, 0) is 25.3 Å². The third kappa shape index (κ3) is 7.03. The summed E-state index contributed by atoms with van der Waals surface area (Å²) in [5.41, 5.74) is 1.38. The van der Waals surface area contributed by atoms with Crippen LogP contribution in [0.15, 0.2) is 35.3 Å². The summed E-state index contributed by atoms with van der Waals surface area (Å²) in [6.07, 6.45) is 2.28. The first-order chi connectivity index (χ1) is 15.2. The Morgan fingerprint density at radius 1 is 1.16 bits per heavy atom. The number of halogens is 1. The van der Waals surface area contributed by atoms with Gasteiger partial charge in [0.1, 0.15) is 0 Å². The van der Waals surface area contributed by atoms with Gasteiger partial charge in [-0.25, -0.2) is 0 Å². The summed E-state index contributed by atoms with van der Waals surface area (Å²) < 4.78 is 11.3. The fraction of sp³-hybridized carbons (Fsp3) is 0.708. The van der Waals surface area contributed by atoms with E-state index in [9.17, 15) is 0 Å². The normalized spacial score (nSPS) is 28.3. The van der Waals surface area contributed by atoms with Crippen molar-refractivity contribution in [2.75, 3.05) is 59.7 Å². The number of nitrogens with zero attached hydrogens (tertiary/aromatic N) is 3. The molecule has 1 aromatic rings. The summed E-state index contributed by atoms with van der Waals surface area (Å²) in [4.78, 5) is 9.66. The molecule has 4 unspecified atom stereocenters. The molecule has 0 amide bonds. The number of morpholine rings is 1. The van der Waals surface area contributed by atoms with Crippen LogP contribution in [0.5, 0.6) is 0 Å². The highest BCUT2D eigenvalue weighted by molar-refractivity contribution is 14.0. The lowest BCUT2D eigenvalue weighted by Gasteiger charge is -2.37. The van der Waals surface area contributed by atoms with Crippen molar-refractivity contribution >= 4 is 29.9 Å². The number of rotatable bonds is 7. The van der Waals surface area contributed by atoms with Gasteiger partial charge in [0.25, 0.3) is 0 Å². The van der Waals surface area contributed by atoms with E-state index in [4.69, 9.17) is 9.47 Å². The fourth-order valence-electron chi connectivity index (χ4n) is 5.19. The van der Waals surface area contributed by atoms with Crippen molar-refractivity contribution in [3.8, 4) is 0 Å². The predicted molar refractivity (Wildman–Crippen MR) is 140 cm³/mol. The van der Waals surface area contributed by atoms with Gasteiger partial charge in [0, 0.05) is 70.4 Å². The standard InChI is InChI=1S/C24H39N5O2.HI/c1-19-14-22(17-29(19)16-20-6-4-3-5-7-20)27-24(25-2)26-15-23(21-8-11-31-18-21)28-9-12-30-13-10-28;/h3-7,19,21-23H,8-18H2,1-2H3,(H2,25,26,27);1H. The van der Waals surface area contributed by atoms with Gasteiger partial charge in [0.2, 0.25) is 0 Å². The molecule has 4 rings (SSSR count). The lowest BCUT2D eigenvalue weighted by Crippen LogP contribution is -2.54. The van der Waals surface area contributed by atoms with Crippen LogP contribution in [0, 0.1) is 5.92 Å². The monoisotopic (exact) mass is 557 g/mol. The Morgan fingerprint density at radius 3 is 2.62 bits per heavy atom. The van der Waals surface area contributed by atoms with E-state index in [0.29, 0.717) is 24.0 Å². The topological polar surface area (TPSA) is 61.4 Å². The second-order valence-electron chi connectivity index (χ2n) is 9.13. The zero-order valence-electron chi connectivity index (χ0n) is 19.5. The second-order valence-corrected chi connectivity index (χ2v) is 9.13. The van der Waals surface area contributed by atoms with Crippen LogP contribution in [0.2, 0.25) is 0 Å². The lowest BCUT2D eigenvalue weighted by atomic mass is 9.97. The van der Waals surface area contributed by atoms with Crippen molar-refractivity contribution in [3.63, 3.8) is 0 Å². The maximum atomic E-state index is 5.70. The van der Waals surface area contributed by atoms with Crippen LogP contribution in [-0.4, -0.2) is 93.5 Å². The number of ether oxygens (including phenoxy) is 2. The molecule has 0 aliphatic carbocycles. The number of nitrogens with one attached hydrogen (secondary N) is 2. The molecule has 2 N–H and O–H groups in total. The van der Waals surface area contributed by atoms with Crippen LogP contribution in [0.25, 0.3) is 0 Å². The van der Waals surface area contributed by atoms with Crippen LogP contribution in [0.4, 0.5) is 0 Å². The van der Waals surface area contributed by atoms with Gasteiger partial charge in [0.05, 0.1) is 19.8 Å². The largest absolute Gasteiger partial charge is 0.381 e. The molecule has 0 radical (unpaired) electrons. The van der Waals surface area contributed by atoms with Crippen LogP contribution >= 0.6 is 24.0 Å². The minimum atomic E-state index is 0. The first-order valence-corrected chi connectivity index (χ1v) is 11.9. The molecular weight excluding hydrogens is 517 g/mol. The average molecular weight is 558 g/mol. The quantitative estimate of drug-likeness (QED) is 0.305. The molecule has 3 aliphatic rings. The Labute approximate surface area is 210 Å². The minimum Gasteiger partial charge on any atom is -0.381 e. The molecule has 0 spiro atoms. The third-order valence-corrected chi connectivity index (χ3v) is 7.00. The van der Waals surface area contributed by atoms with Crippen molar-refractivity contribution in [3.05, 3.63) is 35.9 Å². The molecular formula is C24H40IN5O2. The highest BCUT2D eigenvalue weighted by atomic mass is 127. The average Bonchev–Trinajstić information content (AvgIpc) is 3.45. The second kappa shape index (κ2) is 13.1. The minimum absolute atomic E-state index is 0. The zero-order chi connectivity index (χ0) is 21.5. The summed E-state index contributed by atoms with van der Waals surface area (Å²) in [6, 6.07) is 12.2. The maximum absolute atomic E-state index is 5.70. The van der Waals surface area contributed by atoms with Gasteiger partial charge < -0.3 is 20.1 Å². The van der Waals surface area contributed by atoms with Crippen molar-refractivity contribution in [2.24, 2.45) is 10.9 Å². The summed E-state index contributed by atoms with van der Waals surface area (Å²) in [5, 5.41) is 7.32.